The number of benzene rings is 2. The van der Waals surface area contributed by atoms with E-state index in [1.165, 1.54) is 17.1 Å². The van der Waals surface area contributed by atoms with Gasteiger partial charge in [-0.05, 0) is 62.7 Å². The summed E-state index contributed by atoms with van der Waals surface area (Å²) in [6, 6.07) is 11.5. The highest BCUT2D eigenvalue weighted by Crippen LogP contribution is 2.39. The molecule has 0 saturated carbocycles. The van der Waals surface area contributed by atoms with Gasteiger partial charge >= 0.3 is 5.97 Å². The number of rotatable bonds is 6. The fraction of sp³-hybridized carbons (Fsp3) is 0.423. The molecule has 8 nitrogen and oxygen atoms in total. The molecule has 0 aliphatic carbocycles. The molecule has 3 aliphatic rings. The number of hydrazone groups is 1. The largest absolute Gasteiger partial charge is 0.466 e. The number of carbonyl (C=O) groups excluding carboxylic acids is 2. The Kier molecular flexibility index (Phi) is 6.68. The predicted molar refractivity (Wildman–Crippen MR) is 126 cm³/mol. The highest BCUT2D eigenvalue weighted by atomic mass is 19.1. The van der Waals surface area contributed by atoms with Crippen LogP contribution in [0.5, 0.6) is 11.5 Å². The first-order valence-corrected chi connectivity index (χ1v) is 12.0. The lowest BCUT2D eigenvalue weighted by Crippen LogP contribution is -2.43. The van der Waals surface area contributed by atoms with Crippen molar-refractivity contribution >= 4 is 17.6 Å². The van der Waals surface area contributed by atoms with Crippen molar-refractivity contribution in [3.05, 3.63) is 59.4 Å². The lowest BCUT2D eigenvalue weighted by Gasteiger charge is -2.32. The molecule has 9 heteroatoms. The second-order valence-corrected chi connectivity index (χ2v) is 8.93. The zero-order valence-corrected chi connectivity index (χ0v) is 19.6. The molecule has 184 valence electrons. The number of nitrogens with zero attached hydrogens (tertiary/aromatic N) is 3. The molecule has 5 rings (SSSR count). The van der Waals surface area contributed by atoms with Crippen LogP contribution in [0, 0.1) is 11.7 Å². The Morgan fingerprint density at radius 3 is 2.69 bits per heavy atom. The Morgan fingerprint density at radius 1 is 1.11 bits per heavy atom. The minimum Gasteiger partial charge on any atom is -0.466 e. The minimum absolute atomic E-state index is 0.118. The first-order valence-electron chi connectivity index (χ1n) is 12.0. The lowest BCUT2D eigenvalue weighted by molar-refractivity contribution is -0.149. The number of ether oxygens (including phenoxy) is 3. The van der Waals surface area contributed by atoms with E-state index in [0.717, 1.165) is 5.56 Å². The first kappa shape index (κ1) is 23.3. The Labute approximate surface area is 203 Å². The molecule has 0 spiro atoms. The molecule has 1 saturated heterocycles. The average Bonchev–Trinajstić information content (AvgIpc) is 3.52. The van der Waals surface area contributed by atoms with E-state index in [0.29, 0.717) is 61.7 Å². The summed E-state index contributed by atoms with van der Waals surface area (Å²) in [5.41, 5.74) is 2.18. The van der Waals surface area contributed by atoms with Gasteiger partial charge in [-0.25, -0.2) is 9.40 Å². The van der Waals surface area contributed by atoms with Gasteiger partial charge < -0.3 is 14.2 Å². The van der Waals surface area contributed by atoms with Gasteiger partial charge in [0.25, 0.3) is 5.91 Å². The third-order valence-electron chi connectivity index (χ3n) is 6.67. The molecule has 1 fully saturated rings. The van der Waals surface area contributed by atoms with E-state index in [1.54, 1.807) is 19.1 Å². The molecule has 35 heavy (non-hydrogen) atoms. The second-order valence-electron chi connectivity index (χ2n) is 8.93. The van der Waals surface area contributed by atoms with Crippen LogP contribution in [0.4, 0.5) is 4.39 Å². The van der Waals surface area contributed by atoms with E-state index >= 15 is 0 Å². The summed E-state index contributed by atoms with van der Waals surface area (Å²) in [7, 11) is 0. The van der Waals surface area contributed by atoms with Crippen LogP contribution < -0.4 is 9.47 Å². The number of amides is 1. The highest BCUT2D eigenvalue weighted by Gasteiger charge is 2.35. The molecule has 0 unspecified atom stereocenters. The molecule has 0 aromatic heterocycles. The normalized spacial score (nSPS) is 20.1. The molecule has 2 aromatic carbocycles. The molecule has 0 radical (unpaired) electrons. The van der Waals surface area contributed by atoms with E-state index in [4.69, 9.17) is 14.2 Å². The van der Waals surface area contributed by atoms with Crippen LogP contribution in [-0.2, 0) is 14.3 Å². The Balaban J connectivity index is 1.33. The van der Waals surface area contributed by atoms with Crippen LogP contribution in [0.15, 0.2) is 47.6 Å². The quantitative estimate of drug-likeness (QED) is 0.588. The first-order chi connectivity index (χ1) is 17.0. The summed E-state index contributed by atoms with van der Waals surface area (Å²) >= 11 is 0. The molecule has 3 heterocycles. The van der Waals surface area contributed by atoms with Gasteiger partial charge in [0.2, 0.25) is 6.79 Å². The van der Waals surface area contributed by atoms with Gasteiger partial charge in [-0.2, -0.15) is 5.10 Å². The predicted octanol–water partition coefficient (Wildman–Crippen LogP) is 3.51. The van der Waals surface area contributed by atoms with Gasteiger partial charge in [-0.15, -0.1) is 0 Å². The van der Waals surface area contributed by atoms with Gasteiger partial charge in [0, 0.05) is 12.0 Å². The molecular formula is C26H28FN3O5. The number of esters is 1. The van der Waals surface area contributed by atoms with Crippen LogP contribution >= 0.6 is 0 Å². The van der Waals surface area contributed by atoms with E-state index in [1.807, 2.05) is 23.1 Å². The van der Waals surface area contributed by atoms with Crippen LogP contribution in [0.2, 0.25) is 0 Å². The summed E-state index contributed by atoms with van der Waals surface area (Å²) in [4.78, 5) is 27.5. The van der Waals surface area contributed by atoms with Gasteiger partial charge in [-0.3, -0.25) is 14.5 Å². The molecule has 0 N–H and O–H groups in total. The maximum Gasteiger partial charge on any atom is 0.309 e. The van der Waals surface area contributed by atoms with Crippen LogP contribution in [0.3, 0.4) is 0 Å². The zero-order chi connectivity index (χ0) is 24.4. The Morgan fingerprint density at radius 2 is 1.91 bits per heavy atom. The van der Waals surface area contributed by atoms with E-state index in [-0.39, 0.29) is 43.0 Å². The van der Waals surface area contributed by atoms with Crippen molar-refractivity contribution in [2.75, 3.05) is 33.0 Å². The van der Waals surface area contributed by atoms with Gasteiger partial charge in [0.15, 0.2) is 11.5 Å². The topological polar surface area (TPSA) is 80.7 Å². The maximum absolute atomic E-state index is 13.9. The number of halogens is 1. The van der Waals surface area contributed by atoms with E-state index in [2.05, 4.69) is 5.10 Å². The van der Waals surface area contributed by atoms with E-state index < -0.39 is 0 Å². The highest BCUT2D eigenvalue weighted by molar-refractivity contribution is 6.03. The van der Waals surface area contributed by atoms with Gasteiger partial charge in [-0.1, -0.05) is 18.2 Å². The van der Waals surface area contributed by atoms with Crippen molar-refractivity contribution in [2.45, 2.75) is 32.2 Å². The number of fused-ring (bicyclic) bond motifs is 1. The maximum atomic E-state index is 13.9. The number of likely N-dealkylation sites (tertiary alicyclic amines) is 1. The van der Waals surface area contributed by atoms with Gasteiger partial charge in [0.05, 0.1) is 30.8 Å². The standard InChI is InChI=1S/C26H28FN3O5/c1-2-33-26(32)17-8-10-29(11-9-17)15-25(31)30-22(19-6-7-23-24(13-19)35-16-34-23)14-21(28-30)18-4-3-5-20(27)12-18/h3-7,12-13,17,22H,2,8-11,14-16H2,1H3/t22-/m0/s1. The average molecular weight is 482 g/mol. The molecule has 1 atom stereocenters. The van der Waals surface area contributed by atoms with Crippen molar-refractivity contribution in [2.24, 2.45) is 11.0 Å². The van der Waals surface area contributed by atoms with Crippen molar-refractivity contribution < 1.29 is 28.2 Å². The molecule has 1 amide bonds. The van der Waals surface area contributed by atoms with Crippen molar-refractivity contribution in [1.82, 2.24) is 9.91 Å². The van der Waals surface area contributed by atoms with E-state index in [9.17, 15) is 14.0 Å². The molecule has 0 bridgehead atoms. The summed E-state index contributed by atoms with van der Waals surface area (Å²) in [6.07, 6.45) is 1.78. The van der Waals surface area contributed by atoms with Crippen LogP contribution in [-0.4, -0.2) is 60.5 Å². The second kappa shape index (κ2) is 10.0. The number of carbonyl (C=O) groups is 2. The van der Waals surface area contributed by atoms with Crippen LogP contribution in [0.1, 0.15) is 43.4 Å². The number of piperidine rings is 1. The van der Waals surface area contributed by atoms with Gasteiger partial charge in [0.1, 0.15) is 5.82 Å². The van der Waals surface area contributed by atoms with Crippen molar-refractivity contribution in [3.63, 3.8) is 0 Å². The molecular weight excluding hydrogens is 453 g/mol. The SMILES string of the molecule is CCOC(=O)C1CCN(CC(=O)N2N=C(c3cccc(F)c3)C[C@H]2c2ccc3c(c2)OCO3)CC1. The van der Waals surface area contributed by atoms with Crippen LogP contribution in [0.25, 0.3) is 0 Å². The summed E-state index contributed by atoms with van der Waals surface area (Å²) in [5, 5.41) is 6.15. The number of hydrogen-bond acceptors (Lipinski definition) is 7. The lowest BCUT2D eigenvalue weighted by atomic mass is 9.96. The Bertz CT molecular complexity index is 1150. The fourth-order valence-corrected chi connectivity index (χ4v) is 4.81. The zero-order valence-electron chi connectivity index (χ0n) is 19.6. The smallest absolute Gasteiger partial charge is 0.309 e. The fourth-order valence-electron chi connectivity index (χ4n) is 4.81. The summed E-state index contributed by atoms with van der Waals surface area (Å²) < 4.78 is 30.0. The monoisotopic (exact) mass is 481 g/mol. The third-order valence-corrected chi connectivity index (χ3v) is 6.67. The molecule has 3 aliphatic heterocycles. The van der Waals surface area contributed by atoms with Crippen molar-refractivity contribution in [1.29, 1.82) is 0 Å². The summed E-state index contributed by atoms with van der Waals surface area (Å²) in [5.74, 6) is 0.528. The Hall–Kier alpha value is -3.46. The number of hydrogen-bond donors (Lipinski definition) is 0. The van der Waals surface area contributed by atoms with Crippen molar-refractivity contribution in [3.8, 4) is 11.5 Å². The third kappa shape index (κ3) is 5.00. The summed E-state index contributed by atoms with van der Waals surface area (Å²) in [6.45, 7) is 3.81. The molecule has 2 aromatic rings. The minimum atomic E-state index is -0.348.